The molecule has 7 nitrogen and oxygen atoms in total. The second kappa shape index (κ2) is 5.69. The van der Waals surface area contributed by atoms with Crippen LogP contribution in [0.25, 0.3) is 5.69 Å². The lowest BCUT2D eigenvalue weighted by atomic mass is 10.0. The molecule has 0 aliphatic carbocycles. The fourth-order valence-electron chi connectivity index (χ4n) is 2.65. The van der Waals surface area contributed by atoms with E-state index in [0.29, 0.717) is 12.2 Å². The van der Waals surface area contributed by atoms with E-state index >= 15 is 0 Å². The molecule has 1 aliphatic rings. The molecule has 1 aliphatic heterocycles. The minimum Gasteiger partial charge on any atom is -0.332 e. The van der Waals surface area contributed by atoms with Crippen LogP contribution in [-0.2, 0) is 9.84 Å². The Kier molecular flexibility index (Phi) is 3.85. The number of carbonyl (C=O) groups excluding carboxylic acids is 1. The van der Waals surface area contributed by atoms with Crippen LogP contribution < -0.4 is 10.6 Å². The highest BCUT2D eigenvalue weighted by atomic mass is 32.2. The van der Waals surface area contributed by atoms with Gasteiger partial charge in [0.05, 0.1) is 22.7 Å². The van der Waals surface area contributed by atoms with Gasteiger partial charge in [0, 0.05) is 12.3 Å². The zero-order valence-corrected chi connectivity index (χ0v) is 13.5. The van der Waals surface area contributed by atoms with E-state index in [0.717, 1.165) is 5.69 Å². The summed E-state index contributed by atoms with van der Waals surface area (Å²) in [4.78, 5) is 12.1. The summed E-state index contributed by atoms with van der Waals surface area (Å²) in [6, 6.07) is 10.7. The van der Waals surface area contributed by atoms with Crippen molar-refractivity contribution in [2.45, 2.75) is 18.9 Å². The third-order valence-corrected chi connectivity index (χ3v) is 5.67. The molecule has 1 atom stereocenters. The smallest absolute Gasteiger partial charge is 0.320 e. The van der Waals surface area contributed by atoms with Gasteiger partial charge in [-0.1, -0.05) is 18.2 Å². The number of sulfone groups is 1. The average Bonchev–Trinajstić information content (AvgIpc) is 3.04. The van der Waals surface area contributed by atoms with Gasteiger partial charge in [-0.25, -0.2) is 17.9 Å². The van der Waals surface area contributed by atoms with Gasteiger partial charge in [0.25, 0.3) is 0 Å². The Morgan fingerprint density at radius 1 is 1.26 bits per heavy atom. The van der Waals surface area contributed by atoms with Gasteiger partial charge in [-0.15, -0.1) is 5.10 Å². The van der Waals surface area contributed by atoms with E-state index in [1.807, 2.05) is 30.3 Å². The molecule has 0 spiro atoms. The molecule has 0 saturated carbocycles. The molecule has 122 valence electrons. The van der Waals surface area contributed by atoms with Crippen molar-refractivity contribution in [3.63, 3.8) is 0 Å². The molecule has 0 bridgehead atoms. The molecule has 3 rings (SSSR count). The fraction of sp³-hybridized carbons (Fsp3) is 0.333. The number of anilines is 1. The number of nitrogens with one attached hydrogen (secondary N) is 2. The molecular weight excluding hydrogens is 316 g/mol. The van der Waals surface area contributed by atoms with Crippen LogP contribution in [-0.4, -0.2) is 41.3 Å². The van der Waals surface area contributed by atoms with E-state index < -0.39 is 21.4 Å². The van der Waals surface area contributed by atoms with Crippen molar-refractivity contribution in [3.05, 3.63) is 42.6 Å². The fourth-order valence-corrected chi connectivity index (χ4v) is 4.74. The van der Waals surface area contributed by atoms with Crippen molar-refractivity contribution in [1.29, 1.82) is 0 Å². The molecule has 1 fully saturated rings. The van der Waals surface area contributed by atoms with E-state index in [1.54, 1.807) is 23.9 Å². The Morgan fingerprint density at radius 2 is 2.00 bits per heavy atom. The second-order valence-corrected chi connectivity index (χ2v) is 8.15. The molecule has 1 saturated heterocycles. The van der Waals surface area contributed by atoms with Crippen molar-refractivity contribution in [1.82, 2.24) is 15.1 Å². The zero-order valence-electron chi connectivity index (χ0n) is 12.7. The number of rotatable bonds is 3. The molecule has 2 amide bonds. The largest absolute Gasteiger partial charge is 0.332 e. The summed E-state index contributed by atoms with van der Waals surface area (Å²) in [5.74, 6) is 0.467. The molecule has 8 heteroatoms. The first-order chi connectivity index (χ1) is 10.9. The molecule has 23 heavy (non-hydrogen) atoms. The van der Waals surface area contributed by atoms with Crippen LogP contribution in [0.2, 0.25) is 0 Å². The Morgan fingerprint density at radius 3 is 2.65 bits per heavy atom. The Labute approximate surface area is 134 Å². The maximum absolute atomic E-state index is 12.1. The molecule has 0 radical (unpaired) electrons. The van der Waals surface area contributed by atoms with E-state index in [-0.39, 0.29) is 11.5 Å². The minimum absolute atomic E-state index is 0.0358. The average molecular weight is 334 g/mol. The van der Waals surface area contributed by atoms with Gasteiger partial charge in [0.1, 0.15) is 0 Å². The van der Waals surface area contributed by atoms with Crippen LogP contribution in [0.3, 0.4) is 0 Å². The monoisotopic (exact) mass is 334 g/mol. The number of amides is 2. The number of hydrogen-bond donors (Lipinski definition) is 2. The highest BCUT2D eigenvalue weighted by Gasteiger charge is 2.39. The summed E-state index contributed by atoms with van der Waals surface area (Å²) in [7, 11) is -3.07. The zero-order chi connectivity index (χ0) is 16.5. The molecule has 2 N–H and O–H groups in total. The van der Waals surface area contributed by atoms with Gasteiger partial charge in [0.2, 0.25) is 0 Å². The Balaban J connectivity index is 1.64. The van der Waals surface area contributed by atoms with Crippen LogP contribution in [0.15, 0.2) is 42.6 Å². The number of benzene rings is 1. The van der Waals surface area contributed by atoms with Crippen molar-refractivity contribution in [2.75, 3.05) is 16.8 Å². The number of aromatic nitrogens is 2. The van der Waals surface area contributed by atoms with Gasteiger partial charge < -0.3 is 5.32 Å². The third kappa shape index (κ3) is 3.70. The lowest BCUT2D eigenvalue weighted by Crippen LogP contribution is -2.48. The Hall–Kier alpha value is -2.35. The summed E-state index contributed by atoms with van der Waals surface area (Å²) in [5.41, 5.74) is 0.153. The van der Waals surface area contributed by atoms with E-state index in [9.17, 15) is 13.2 Å². The number of urea groups is 1. The number of nitrogens with zero attached hydrogens (tertiary/aromatic N) is 2. The predicted molar refractivity (Wildman–Crippen MR) is 87.4 cm³/mol. The highest BCUT2D eigenvalue weighted by molar-refractivity contribution is 7.91. The normalized spacial score (nSPS) is 22.7. The lowest BCUT2D eigenvalue weighted by molar-refractivity contribution is 0.242. The van der Waals surface area contributed by atoms with E-state index in [1.165, 1.54) is 0 Å². The van der Waals surface area contributed by atoms with Crippen molar-refractivity contribution in [3.8, 4) is 5.69 Å². The number of para-hydroxylation sites is 1. The van der Waals surface area contributed by atoms with Crippen LogP contribution in [0.5, 0.6) is 0 Å². The van der Waals surface area contributed by atoms with Gasteiger partial charge >= 0.3 is 6.03 Å². The number of hydrogen-bond acceptors (Lipinski definition) is 4. The highest BCUT2D eigenvalue weighted by Crippen LogP contribution is 2.22. The summed E-state index contributed by atoms with van der Waals surface area (Å²) in [6.07, 6.45) is 2.16. The van der Waals surface area contributed by atoms with Gasteiger partial charge in [-0.2, -0.15) is 0 Å². The first kappa shape index (κ1) is 15.5. The van der Waals surface area contributed by atoms with Crippen LogP contribution in [0, 0.1) is 0 Å². The third-order valence-electron chi connectivity index (χ3n) is 3.77. The molecule has 2 aromatic rings. The minimum atomic E-state index is -3.07. The molecule has 2 heterocycles. The topological polar surface area (TPSA) is 93.1 Å². The SMILES string of the molecule is CC1(NC(=O)Nc2ccn(-c3ccccc3)n2)CCS(=O)(=O)C1. The summed E-state index contributed by atoms with van der Waals surface area (Å²) in [6.45, 7) is 1.74. The molecule has 1 unspecified atom stereocenters. The second-order valence-electron chi connectivity index (χ2n) is 5.96. The first-order valence-corrected chi connectivity index (χ1v) is 9.08. The van der Waals surface area contributed by atoms with Gasteiger partial charge in [-0.3, -0.25) is 5.32 Å². The number of carbonyl (C=O) groups is 1. The van der Waals surface area contributed by atoms with Gasteiger partial charge in [-0.05, 0) is 25.5 Å². The van der Waals surface area contributed by atoms with Crippen molar-refractivity contribution in [2.24, 2.45) is 0 Å². The molecule has 1 aromatic carbocycles. The van der Waals surface area contributed by atoms with E-state index in [4.69, 9.17) is 0 Å². The van der Waals surface area contributed by atoms with Crippen LogP contribution >= 0.6 is 0 Å². The predicted octanol–water partition coefficient (Wildman–Crippen LogP) is 1.57. The van der Waals surface area contributed by atoms with Crippen molar-refractivity contribution < 1.29 is 13.2 Å². The molecular formula is C15H18N4O3S. The van der Waals surface area contributed by atoms with Crippen molar-refractivity contribution >= 4 is 21.7 Å². The molecule has 1 aromatic heterocycles. The maximum atomic E-state index is 12.1. The van der Waals surface area contributed by atoms with Crippen LogP contribution in [0.1, 0.15) is 13.3 Å². The van der Waals surface area contributed by atoms with E-state index in [2.05, 4.69) is 15.7 Å². The first-order valence-electron chi connectivity index (χ1n) is 7.26. The Bertz CT molecular complexity index is 816. The lowest BCUT2D eigenvalue weighted by Gasteiger charge is -2.23. The summed E-state index contributed by atoms with van der Waals surface area (Å²) in [5, 5.41) is 9.64. The van der Waals surface area contributed by atoms with Gasteiger partial charge in [0.15, 0.2) is 15.7 Å². The maximum Gasteiger partial charge on any atom is 0.320 e. The quantitative estimate of drug-likeness (QED) is 0.891. The summed E-state index contributed by atoms with van der Waals surface area (Å²) < 4.78 is 24.8. The summed E-state index contributed by atoms with van der Waals surface area (Å²) >= 11 is 0. The van der Waals surface area contributed by atoms with Crippen LogP contribution in [0.4, 0.5) is 10.6 Å². The standard InChI is InChI=1S/C15H18N4O3S/c1-15(8-10-23(21,22)11-15)17-14(20)16-13-7-9-19(18-13)12-5-3-2-4-6-12/h2-7,9H,8,10-11H2,1H3,(H2,16,17,18,20).